The van der Waals surface area contributed by atoms with E-state index in [1.807, 2.05) is 13.1 Å². The van der Waals surface area contributed by atoms with Gasteiger partial charge in [0.2, 0.25) is 0 Å². The molecule has 1 aliphatic rings. The molecule has 132 valence electrons. The SMILES string of the molecule is Cc1nc2ccc3[nH]c(-c4ccc5[nH]ncc5c4)c4c(c3c2n1)CCCC4. The van der Waals surface area contributed by atoms with Gasteiger partial charge in [0.1, 0.15) is 11.3 Å². The smallest absolute Gasteiger partial charge is 0.126 e. The van der Waals surface area contributed by atoms with Crippen molar-refractivity contribution in [3.63, 3.8) is 0 Å². The second-order valence-electron chi connectivity index (χ2n) is 7.46. The Labute approximate surface area is 155 Å². The standard InChI is InChI=1S/C22H19N5/c1-12-24-19-9-8-18-20(22(19)25-12)15-4-2-3-5-16(15)21(26-18)13-6-7-17-14(10-13)11-23-27-17/h6-11,26H,2-5H2,1H3,(H,23,27). The van der Waals surface area contributed by atoms with E-state index in [2.05, 4.69) is 50.5 Å². The highest BCUT2D eigenvalue weighted by atomic mass is 15.1. The van der Waals surface area contributed by atoms with Crippen LogP contribution in [0.1, 0.15) is 29.8 Å². The molecule has 6 rings (SSSR count). The Morgan fingerprint density at radius 2 is 1.78 bits per heavy atom. The molecular formula is C22H19N5. The average Bonchev–Trinajstić information content (AvgIpc) is 3.31. The first-order valence-corrected chi connectivity index (χ1v) is 9.52. The van der Waals surface area contributed by atoms with Gasteiger partial charge in [0.15, 0.2) is 0 Å². The molecule has 0 unspecified atom stereocenters. The Morgan fingerprint density at radius 3 is 2.70 bits per heavy atom. The normalized spacial score (nSPS) is 14.3. The molecule has 3 heterocycles. The largest absolute Gasteiger partial charge is 0.354 e. The number of nitrogens with zero attached hydrogens (tertiary/aromatic N) is 3. The summed E-state index contributed by atoms with van der Waals surface area (Å²) in [7, 11) is 0. The van der Waals surface area contributed by atoms with E-state index in [-0.39, 0.29) is 0 Å². The minimum Gasteiger partial charge on any atom is -0.354 e. The zero-order chi connectivity index (χ0) is 18.0. The number of nitrogens with one attached hydrogen (secondary N) is 2. The number of aromatic amines is 2. The van der Waals surface area contributed by atoms with Crippen molar-refractivity contribution in [3.8, 4) is 11.3 Å². The maximum Gasteiger partial charge on any atom is 0.126 e. The molecule has 2 aromatic carbocycles. The lowest BCUT2D eigenvalue weighted by atomic mass is 9.86. The van der Waals surface area contributed by atoms with Crippen LogP contribution < -0.4 is 0 Å². The maximum absolute atomic E-state index is 4.74. The van der Waals surface area contributed by atoms with Crippen molar-refractivity contribution in [2.24, 2.45) is 0 Å². The molecule has 0 amide bonds. The molecule has 5 nitrogen and oxygen atoms in total. The molecule has 0 aliphatic heterocycles. The van der Waals surface area contributed by atoms with Crippen molar-refractivity contribution < 1.29 is 0 Å². The van der Waals surface area contributed by atoms with Crippen LogP contribution in [0.15, 0.2) is 36.5 Å². The summed E-state index contributed by atoms with van der Waals surface area (Å²) < 4.78 is 0. The zero-order valence-electron chi connectivity index (χ0n) is 15.1. The average molecular weight is 353 g/mol. The van der Waals surface area contributed by atoms with E-state index in [4.69, 9.17) is 4.98 Å². The number of benzene rings is 2. The van der Waals surface area contributed by atoms with Gasteiger partial charge in [-0.25, -0.2) is 9.97 Å². The Kier molecular flexibility index (Phi) is 2.98. The van der Waals surface area contributed by atoms with E-state index in [1.54, 1.807) is 0 Å². The summed E-state index contributed by atoms with van der Waals surface area (Å²) in [5.41, 5.74) is 9.57. The van der Waals surface area contributed by atoms with E-state index >= 15 is 0 Å². The van der Waals surface area contributed by atoms with E-state index in [9.17, 15) is 0 Å². The number of fused-ring (bicyclic) bond motifs is 6. The lowest BCUT2D eigenvalue weighted by Gasteiger charge is -2.22. The first-order valence-electron chi connectivity index (χ1n) is 9.52. The van der Waals surface area contributed by atoms with Gasteiger partial charge < -0.3 is 4.98 Å². The van der Waals surface area contributed by atoms with Gasteiger partial charge >= 0.3 is 0 Å². The Balaban J connectivity index is 1.71. The minimum absolute atomic E-state index is 0.844. The van der Waals surface area contributed by atoms with E-state index < -0.39 is 0 Å². The molecular weight excluding hydrogens is 334 g/mol. The van der Waals surface area contributed by atoms with Crippen molar-refractivity contribution in [1.29, 1.82) is 0 Å². The number of hydrogen-bond acceptors (Lipinski definition) is 3. The maximum atomic E-state index is 4.74. The predicted octanol–water partition coefficient (Wildman–Crippen LogP) is 4.84. The number of hydrogen-bond donors (Lipinski definition) is 2. The van der Waals surface area contributed by atoms with Crippen LogP contribution in [-0.2, 0) is 12.8 Å². The second-order valence-corrected chi connectivity index (χ2v) is 7.46. The summed E-state index contributed by atoms with van der Waals surface area (Å²) in [5.74, 6) is 0.844. The summed E-state index contributed by atoms with van der Waals surface area (Å²) in [4.78, 5) is 13.1. The molecule has 1 aliphatic carbocycles. The Bertz CT molecular complexity index is 1340. The molecule has 3 aromatic heterocycles. The molecule has 0 saturated carbocycles. The van der Waals surface area contributed by atoms with Crippen LogP contribution in [0, 0.1) is 6.92 Å². The lowest BCUT2D eigenvalue weighted by Crippen LogP contribution is -2.08. The highest BCUT2D eigenvalue weighted by molar-refractivity contribution is 6.06. The summed E-state index contributed by atoms with van der Waals surface area (Å²) in [6, 6.07) is 10.7. The first kappa shape index (κ1) is 14.9. The summed E-state index contributed by atoms with van der Waals surface area (Å²) in [5, 5.41) is 9.59. The number of aromatic nitrogens is 5. The molecule has 0 spiro atoms. The topological polar surface area (TPSA) is 70.2 Å². The number of rotatable bonds is 1. The molecule has 0 saturated heterocycles. The van der Waals surface area contributed by atoms with Crippen molar-refractivity contribution in [3.05, 3.63) is 53.5 Å². The van der Waals surface area contributed by atoms with E-state index in [0.717, 1.165) is 46.1 Å². The van der Waals surface area contributed by atoms with Gasteiger partial charge in [0, 0.05) is 22.0 Å². The van der Waals surface area contributed by atoms with Gasteiger partial charge in [0.05, 0.1) is 17.2 Å². The Morgan fingerprint density at radius 1 is 0.926 bits per heavy atom. The van der Waals surface area contributed by atoms with E-state index in [1.165, 1.54) is 40.6 Å². The monoisotopic (exact) mass is 353 g/mol. The van der Waals surface area contributed by atoms with E-state index in [0.29, 0.717) is 0 Å². The fourth-order valence-corrected chi connectivity index (χ4v) is 4.57. The molecule has 5 aromatic rings. The second kappa shape index (κ2) is 5.39. The van der Waals surface area contributed by atoms with Crippen LogP contribution in [0.2, 0.25) is 0 Å². The van der Waals surface area contributed by atoms with Crippen LogP contribution in [0.25, 0.3) is 44.1 Å². The minimum atomic E-state index is 0.844. The number of imidazole rings is 1. The molecule has 0 fully saturated rings. The van der Waals surface area contributed by atoms with Crippen LogP contribution in [0.4, 0.5) is 0 Å². The molecule has 0 radical (unpaired) electrons. The van der Waals surface area contributed by atoms with Gasteiger partial charge in [-0.2, -0.15) is 5.10 Å². The molecule has 2 N–H and O–H groups in total. The van der Waals surface area contributed by atoms with Crippen molar-refractivity contribution in [1.82, 2.24) is 25.1 Å². The highest BCUT2D eigenvalue weighted by Crippen LogP contribution is 2.38. The van der Waals surface area contributed by atoms with Crippen LogP contribution >= 0.6 is 0 Å². The van der Waals surface area contributed by atoms with Crippen LogP contribution in [0.3, 0.4) is 0 Å². The first-order chi connectivity index (χ1) is 13.3. The molecule has 0 bridgehead atoms. The zero-order valence-corrected chi connectivity index (χ0v) is 15.1. The quantitative estimate of drug-likeness (QED) is 0.453. The number of pyridine rings is 1. The van der Waals surface area contributed by atoms with Crippen molar-refractivity contribution in [2.75, 3.05) is 0 Å². The van der Waals surface area contributed by atoms with Gasteiger partial charge in [-0.15, -0.1) is 0 Å². The van der Waals surface area contributed by atoms with Crippen molar-refractivity contribution >= 4 is 32.8 Å². The summed E-state index contributed by atoms with van der Waals surface area (Å²) in [6.45, 7) is 1.97. The fourth-order valence-electron chi connectivity index (χ4n) is 4.57. The van der Waals surface area contributed by atoms with Crippen molar-refractivity contribution in [2.45, 2.75) is 32.6 Å². The molecule has 5 heteroatoms. The van der Waals surface area contributed by atoms with Gasteiger partial charge in [-0.05, 0) is 73.6 Å². The fraction of sp³-hybridized carbons (Fsp3) is 0.227. The van der Waals surface area contributed by atoms with Gasteiger partial charge in [0.25, 0.3) is 0 Å². The third-order valence-electron chi connectivity index (χ3n) is 5.77. The lowest BCUT2D eigenvalue weighted by molar-refractivity contribution is 0.689. The summed E-state index contributed by atoms with van der Waals surface area (Å²) in [6.07, 6.45) is 6.56. The molecule has 27 heavy (non-hydrogen) atoms. The Hall–Kier alpha value is -3.21. The van der Waals surface area contributed by atoms with Crippen LogP contribution in [0.5, 0.6) is 0 Å². The number of H-pyrrole nitrogens is 2. The van der Waals surface area contributed by atoms with Gasteiger partial charge in [-0.3, -0.25) is 5.10 Å². The summed E-state index contributed by atoms with van der Waals surface area (Å²) >= 11 is 0. The molecule has 0 atom stereocenters. The third kappa shape index (κ3) is 2.14. The highest BCUT2D eigenvalue weighted by Gasteiger charge is 2.21. The number of aryl methyl sites for hydroxylation is 2. The van der Waals surface area contributed by atoms with Gasteiger partial charge in [-0.1, -0.05) is 6.07 Å². The van der Waals surface area contributed by atoms with Crippen LogP contribution in [-0.4, -0.2) is 25.1 Å². The third-order valence-corrected chi connectivity index (χ3v) is 5.77. The predicted molar refractivity (Wildman–Crippen MR) is 108 cm³/mol.